The number of hydrogen-bond acceptors (Lipinski definition) is 2. The van der Waals surface area contributed by atoms with Crippen LogP contribution < -0.4 is 4.74 Å². The highest BCUT2D eigenvalue weighted by atomic mass is 16.5. The molecule has 0 aliphatic heterocycles. The third-order valence-corrected chi connectivity index (χ3v) is 2.58. The van der Waals surface area contributed by atoms with Crippen molar-refractivity contribution in [2.75, 3.05) is 7.11 Å². The van der Waals surface area contributed by atoms with Crippen LogP contribution in [-0.4, -0.2) is 7.11 Å². The Morgan fingerprint density at radius 1 is 1.29 bits per heavy atom. The quantitative estimate of drug-likeness (QED) is 0.748. The molecular weight excluding hydrogens is 212 g/mol. The summed E-state index contributed by atoms with van der Waals surface area (Å²) >= 11 is 0. The van der Waals surface area contributed by atoms with Crippen LogP contribution in [0.1, 0.15) is 11.3 Å². The maximum atomic E-state index is 5.69. The van der Waals surface area contributed by atoms with E-state index in [2.05, 4.69) is 5.92 Å². The minimum atomic E-state index is 0.582. The SMILES string of the molecule is C#CCc1cc(C)oc1-c1ccc(OC)cc1. The van der Waals surface area contributed by atoms with Gasteiger partial charge >= 0.3 is 0 Å². The Bertz CT molecular complexity index is 541. The molecule has 0 radical (unpaired) electrons. The van der Waals surface area contributed by atoms with Gasteiger partial charge in [-0.15, -0.1) is 12.3 Å². The van der Waals surface area contributed by atoms with Gasteiger partial charge in [-0.25, -0.2) is 0 Å². The van der Waals surface area contributed by atoms with Gasteiger partial charge in [0.05, 0.1) is 7.11 Å². The second-order valence-corrected chi connectivity index (χ2v) is 3.82. The standard InChI is InChI=1S/C15H14O2/c1-4-5-13-10-11(2)17-15(13)12-6-8-14(16-3)9-7-12/h1,6-10H,5H2,2-3H3. The zero-order valence-corrected chi connectivity index (χ0v) is 9.99. The van der Waals surface area contributed by atoms with E-state index in [1.165, 1.54) is 0 Å². The van der Waals surface area contributed by atoms with E-state index in [0.717, 1.165) is 28.4 Å². The third-order valence-electron chi connectivity index (χ3n) is 2.58. The predicted molar refractivity (Wildman–Crippen MR) is 68.0 cm³/mol. The smallest absolute Gasteiger partial charge is 0.138 e. The molecule has 0 spiro atoms. The van der Waals surface area contributed by atoms with Crippen LogP contribution in [0.5, 0.6) is 5.75 Å². The molecule has 0 bridgehead atoms. The van der Waals surface area contributed by atoms with Gasteiger partial charge < -0.3 is 9.15 Å². The molecule has 1 aromatic carbocycles. The fourth-order valence-corrected chi connectivity index (χ4v) is 1.79. The predicted octanol–water partition coefficient (Wildman–Crippen LogP) is 3.44. The summed E-state index contributed by atoms with van der Waals surface area (Å²) in [6.45, 7) is 1.92. The average molecular weight is 226 g/mol. The summed E-state index contributed by atoms with van der Waals surface area (Å²) in [7, 11) is 1.65. The first-order valence-electron chi connectivity index (χ1n) is 5.42. The largest absolute Gasteiger partial charge is 0.497 e. The van der Waals surface area contributed by atoms with E-state index in [0.29, 0.717) is 6.42 Å². The van der Waals surface area contributed by atoms with Crippen LogP contribution in [0.15, 0.2) is 34.7 Å². The molecule has 2 nitrogen and oxygen atoms in total. The molecule has 17 heavy (non-hydrogen) atoms. The molecular formula is C15H14O2. The Morgan fingerprint density at radius 2 is 2.00 bits per heavy atom. The van der Waals surface area contributed by atoms with E-state index >= 15 is 0 Å². The summed E-state index contributed by atoms with van der Waals surface area (Å²) in [5.74, 6) is 5.20. The number of furan rings is 1. The Kier molecular flexibility index (Phi) is 3.20. The summed E-state index contributed by atoms with van der Waals surface area (Å²) in [4.78, 5) is 0. The van der Waals surface area contributed by atoms with Gasteiger partial charge in [-0.05, 0) is 37.3 Å². The lowest BCUT2D eigenvalue weighted by Gasteiger charge is -2.02. The molecule has 0 aliphatic rings. The molecule has 0 atom stereocenters. The number of rotatable bonds is 3. The van der Waals surface area contributed by atoms with Crippen LogP contribution in [-0.2, 0) is 6.42 Å². The van der Waals surface area contributed by atoms with E-state index in [1.54, 1.807) is 7.11 Å². The van der Waals surface area contributed by atoms with Crippen molar-refractivity contribution in [1.82, 2.24) is 0 Å². The molecule has 0 amide bonds. The number of terminal acetylenes is 1. The highest BCUT2D eigenvalue weighted by Gasteiger charge is 2.10. The van der Waals surface area contributed by atoms with Crippen molar-refractivity contribution >= 4 is 0 Å². The maximum absolute atomic E-state index is 5.69. The lowest BCUT2D eigenvalue weighted by Crippen LogP contribution is -1.85. The fraction of sp³-hybridized carbons (Fsp3) is 0.200. The van der Waals surface area contributed by atoms with Gasteiger partial charge in [0.15, 0.2) is 0 Å². The molecule has 0 N–H and O–H groups in total. The van der Waals surface area contributed by atoms with Gasteiger partial charge in [-0.3, -0.25) is 0 Å². The number of aryl methyl sites for hydroxylation is 1. The molecule has 86 valence electrons. The number of ether oxygens (including phenoxy) is 1. The van der Waals surface area contributed by atoms with Crippen LogP contribution in [0.2, 0.25) is 0 Å². The second kappa shape index (κ2) is 4.80. The van der Waals surface area contributed by atoms with Crippen LogP contribution >= 0.6 is 0 Å². The molecule has 2 rings (SSSR count). The van der Waals surface area contributed by atoms with Crippen LogP contribution in [0.25, 0.3) is 11.3 Å². The topological polar surface area (TPSA) is 22.4 Å². The van der Waals surface area contributed by atoms with Crippen LogP contribution in [0.3, 0.4) is 0 Å². The second-order valence-electron chi connectivity index (χ2n) is 3.82. The first-order chi connectivity index (χ1) is 8.24. The monoisotopic (exact) mass is 226 g/mol. The van der Waals surface area contributed by atoms with Gasteiger partial charge in [0.25, 0.3) is 0 Å². The van der Waals surface area contributed by atoms with Crippen molar-refractivity contribution in [2.24, 2.45) is 0 Å². The lowest BCUT2D eigenvalue weighted by molar-refractivity contribution is 0.415. The summed E-state index contributed by atoms with van der Waals surface area (Å²) in [6, 6.07) is 9.74. The summed E-state index contributed by atoms with van der Waals surface area (Å²) in [5, 5.41) is 0. The number of methoxy groups -OCH3 is 1. The molecule has 0 fully saturated rings. The highest BCUT2D eigenvalue weighted by molar-refractivity contribution is 5.63. The van der Waals surface area contributed by atoms with Crippen molar-refractivity contribution < 1.29 is 9.15 Å². The van der Waals surface area contributed by atoms with Crippen molar-refractivity contribution in [3.63, 3.8) is 0 Å². The fourth-order valence-electron chi connectivity index (χ4n) is 1.79. The molecule has 0 aliphatic carbocycles. The molecule has 0 saturated carbocycles. The van der Waals surface area contributed by atoms with Gasteiger partial charge in [-0.2, -0.15) is 0 Å². The normalized spacial score (nSPS) is 9.94. The first kappa shape index (κ1) is 11.3. The summed E-state index contributed by atoms with van der Waals surface area (Å²) in [5.41, 5.74) is 2.07. The lowest BCUT2D eigenvalue weighted by atomic mass is 10.1. The Morgan fingerprint density at radius 3 is 2.59 bits per heavy atom. The van der Waals surface area contributed by atoms with Gasteiger partial charge in [0.1, 0.15) is 17.3 Å². The number of benzene rings is 1. The molecule has 2 heteroatoms. The zero-order valence-electron chi connectivity index (χ0n) is 9.99. The Hall–Kier alpha value is -2.14. The average Bonchev–Trinajstić information content (AvgIpc) is 2.71. The zero-order chi connectivity index (χ0) is 12.3. The minimum Gasteiger partial charge on any atom is -0.497 e. The van der Waals surface area contributed by atoms with Crippen molar-refractivity contribution in [2.45, 2.75) is 13.3 Å². The van der Waals surface area contributed by atoms with Crippen LogP contribution in [0.4, 0.5) is 0 Å². The molecule has 0 unspecified atom stereocenters. The van der Waals surface area contributed by atoms with Gasteiger partial charge in [-0.1, -0.05) is 0 Å². The third kappa shape index (κ3) is 2.34. The van der Waals surface area contributed by atoms with E-state index in [9.17, 15) is 0 Å². The Balaban J connectivity index is 2.41. The van der Waals surface area contributed by atoms with E-state index in [4.69, 9.17) is 15.6 Å². The molecule has 1 heterocycles. The van der Waals surface area contributed by atoms with E-state index in [1.807, 2.05) is 37.3 Å². The summed E-state index contributed by atoms with van der Waals surface area (Å²) < 4.78 is 10.8. The Labute approximate surface area is 101 Å². The highest BCUT2D eigenvalue weighted by Crippen LogP contribution is 2.28. The molecule has 1 aromatic heterocycles. The van der Waals surface area contributed by atoms with Crippen LogP contribution in [0, 0.1) is 19.3 Å². The first-order valence-corrected chi connectivity index (χ1v) is 5.42. The van der Waals surface area contributed by atoms with Gasteiger partial charge in [0.2, 0.25) is 0 Å². The summed E-state index contributed by atoms with van der Waals surface area (Å²) in [6.07, 6.45) is 5.93. The van der Waals surface area contributed by atoms with E-state index in [-0.39, 0.29) is 0 Å². The van der Waals surface area contributed by atoms with Crippen molar-refractivity contribution in [3.05, 3.63) is 41.7 Å². The number of hydrogen-bond donors (Lipinski definition) is 0. The van der Waals surface area contributed by atoms with Gasteiger partial charge in [0, 0.05) is 17.5 Å². The molecule has 2 aromatic rings. The van der Waals surface area contributed by atoms with Crippen molar-refractivity contribution in [3.8, 4) is 29.4 Å². The van der Waals surface area contributed by atoms with Crippen molar-refractivity contribution in [1.29, 1.82) is 0 Å². The van der Waals surface area contributed by atoms with E-state index < -0.39 is 0 Å². The minimum absolute atomic E-state index is 0.582. The maximum Gasteiger partial charge on any atom is 0.138 e. The molecule has 0 saturated heterocycles.